The molecule has 0 unspecified atom stereocenters. The van der Waals surface area contributed by atoms with Crippen molar-refractivity contribution < 1.29 is 9.31 Å². The molecule has 1 aromatic heterocycles. The lowest BCUT2D eigenvalue weighted by Crippen LogP contribution is -2.20. The summed E-state index contributed by atoms with van der Waals surface area (Å²) in [5, 5.41) is 19.7. The van der Waals surface area contributed by atoms with Crippen LogP contribution >= 0.6 is 0 Å². The first-order chi connectivity index (χ1) is 12.8. The van der Waals surface area contributed by atoms with Crippen LogP contribution in [-0.4, -0.2) is 25.4 Å². The van der Waals surface area contributed by atoms with Gasteiger partial charge in [-0.15, -0.1) is 10.2 Å². The minimum absolute atomic E-state index is 0.0928. The van der Waals surface area contributed by atoms with Crippen LogP contribution in [0.1, 0.15) is 36.6 Å². The van der Waals surface area contributed by atoms with E-state index < -0.39 is 16.3 Å². The molecule has 2 heterocycles. The second kappa shape index (κ2) is 5.80. The lowest BCUT2D eigenvalue weighted by Gasteiger charge is -2.18. The average molecular weight is 365 g/mol. The molecular formula is C19H16FN5O2. The van der Waals surface area contributed by atoms with Crippen LogP contribution in [0.2, 0.25) is 0 Å². The van der Waals surface area contributed by atoms with Crippen LogP contribution in [0.15, 0.2) is 47.5 Å². The van der Waals surface area contributed by atoms with Crippen molar-refractivity contribution in [1.29, 1.82) is 0 Å². The molecular weight excluding hydrogens is 349 g/mol. The van der Waals surface area contributed by atoms with Crippen LogP contribution in [-0.2, 0) is 5.54 Å². The zero-order valence-electron chi connectivity index (χ0n) is 15.0. The average Bonchev–Trinajstić information content (AvgIpc) is 2.98. The second-order valence-corrected chi connectivity index (χ2v) is 6.86. The molecule has 8 heteroatoms. The number of non-ortho nitro benzene ring substituents is 1. The molecule has 3 aromatic rings. The number of fused-ring (bicyclic) bond motifs is 3. The summed E-state index contributed by atoms with van der Waals surface area (Å²) in [6, 6.07) is 10.7. The van der Waals surface area contributed by atoms with Gasteiger partial charge in [0.05, 0.1) is 16.3 Å². The Morgan fingerprint density at radius 2 is 1.85 bits per heavy atom. The summed E-state index contributed by atoms with van der Waals surface area (Å²) >= 11 is 0. The Labute approximate surface area is 154 Å². The number of aliphatic imine (C=N–C) groups is 1. The van der Waals surface area contributed by atoms with Gasteiger partial charge in [0.15, 0.2) is 5.82 Å². The highest BCUT2D eigenvalue weighted by atomic mass is 19.1. The van der Waals surface area contributed by atoms with Gasteiger partial charge in [-0.2, -0.15) is 0 Å². The highest BCUT2D eigenvalue weighted by Crippen LogP contribution is 2.35. The molecule has 136 valence electrons. The third-order valence-corrected chi connectivity index (χ3v) is 4.58. The Bertz CT molecular complexity index is 1120. The molecule has 4 rings (SSSR count). The zero-order valence-corrected chi connectivity index (χ0v) is 15.0. The smallest absolute Gasteiger partial charge is 0.270 e. The van der Waals surface area contributed by atoms with Crippen molar-refractivity contribution in [2.24, 2.45) is 4.99 Å². The van der Waals surface area contributed by atoms with Gasteiger partial charge < -0.3 is 0 Å². The summed E-state index contributed by atoms with van der Waals surface area (Å²) in [7, 11) is 0. The summed E-state index contributed by atoms with van der Waals surface area (Å²) in [6.07, 6.45) is 0. The van der Waals surface area contributed by atoms with E-state index in [4.69, 9.17) is 4.99 Å². The lowest BCUT2D eigenvalue weighted by molar-refractivity contribution is -0.384. The molecule has 0 bridgehead atoms. The SMILES string of the molecule is Cc1nnc2n1-c1ccc([N+](=O)[O-])cc1C(c1ccccc1F)=NC2(C)C. The van der Waals surface area contributed by atoms with Crippen molar-refractivity contribution in [3.63, 3.8) is 0 Å². The van der Waals surface area contributed by atoms with Gasteiger partial charge in [-0.25, -0.2) is 4.39 Å². The second-order valence-electron chi connectivity index (χ2n) is 6.86. The van der Waals surface area contributed by atoms with Gasteiger partial charge in [-0.3, -0.25) is 19.7 Å². The van der Waals surface area contributed by atoms with Crippen LogP contribution in [0.3, 0.4) is 0 Å². The number of nitro benzene ring substituents is 1. The first-order valence-electron chi connectivity index (χ1n) is 8.36. The Kier molecular flexibility index (Phi) is 3.66. The molecule has 1 aliphatic rings. The quantitative estimate of drug-likeness (QED) is 0.512. The number of rotatable bonds is 2. The first kappa shape index (κ1) is 17.0. The lowest BCUT2D eigenvalue weighted by atomic mass is 9.98. The van der Waals surface area contributed by atoms with Crippen LogP contribution in [0.25, 0.3) is 5.69 Å². The molecule has 0 N–H and O–H groups in total. The number of aryl methyl sites for hydroxylation is 1. The van der Waals surface area contributed by atoms with E-state index in [1.165, 1.54) is 18.2 Å². The van der Waals surface area contributed by atoms with Gasteiger partial charge in [-0.1, -0.05) is 12.1 Å². The van der Waals surface area contributed by atoms with E-state index in [1.807, 2.05) is 18.4 Å². The fourth-order valence-electron chi connectivity index (χ4n) is 3.32. The Morgan fingerprint density at radius 1 is 1.11 bits per heavy atom. The van der Waals surface area contributed by atoms with Gasteiger partial charge in [-0.05, 0) is 39.0 Å². The predicted molar refractivity (Wildman–Crippen MR) is 97.8 cm³/mol. The number of hydrogen-bond acceptors (Lipinski definition) is 5. The molecule has 0 aliphatic carbocycles. The van der Waals surface area contributed by atoms with E-state index >= 15 is 0 Å². The normalized spacial score (nSPS) is 14.7. The van der Waals surface area contributed by atoms with Gasteiger partial charge >= 0.3 is 0 Å². The number of halogens is 1. The van der Waals surface area contributed by atoms with Crippen molar-refractivity contribution in [2.45, 2.75) is 26.3 Å². The number of nitro groups is 1. The van der Waals surface area contributed by atoms with E-state index in [0.29, 0.717) is 28.6 Å². The molecule has 1 aliphatic heterocycles. The van der Waals surface area contributed by atoms with Crippen LogP contribution in [0, 0.1) is 22.9 Å². The number of aromatic nitrogens is 3. The van der Waals surface area contributed by atoms with Crippen molar-refractivity contribution in [1.82, 2.24) is 14.8 Å². The van der Waals surface area contributed by atoms with E-state index in [1.54, 1.807) is 31.2 Å². The maximum atomic E-state index is 14.6. The standard InChI is InChI=1S/C19H16FN5O2/c1-11-22-23-18-19(2,3)21-17(13-6-4-5-7-15(13)20)14-10-12(25(26)27)8-9-16(14)24(11)18/h4-10H,1-3H3. The van der Waals surface area contributed by atoms with E-state index in [-0.39, 0.29) is 11.3 Å². The predicted octanol–water partition coefficient (Wildman–Crippen LogP) is 3.71. The number of hydrogen-bond donors (Lipinski definition) is 0. The summed E-state index contributed by atoms with van der Waals surface area (Å²) in [4.78, 5) is 15.6. The first-order valence-corrected chi connectivity index (χ1v) is 8.36. The fourth-order valence-corrected chi connectivity index (χ4v) is 3.32. The van der Waals surface area contributed by atoms with Crippen molar-refractivity contribution in [2.75, 3.05) is 0 Å². The van der Waals surface area contributed by atoms with E-state index in [9.17, 15) is 14.5 Å². The zero-order chi connectivity index (χ0) is 19.3. The minimum Gasteiger partial charge on any atom is -0.280 e. The molecule has 2 aromatic carbocycles. The number of benzene rings is 2. The van der Waals surface area contributed by atoms with Crippen LogP contribution < -0.4 is 0 Å². The maximum Gasteiger partial charge on any atom is 0.270 e. The topological polar surface area (TPSA) is 86.2 Å². The van der Waals surface area contributed by atoms with Crippen molar-refractivity contribution in [3.05, 3.63) is 81.2 Å². The van der Waals surface area contributed by atoms with Crippen LogP contribution in [0.4, 0.5) is 10.1 Å². The van der Waals surface area contributed by atoms with E-state index in [0.717, 1.165) is 0 Å². The molecule has 0 spiro atoms. The monoisotopic (exact) mass is 365 g/mol. The van der Waals surface area contributed by atoms with Gasteiger partial charge in [0.1, 0.15) is 17.2 Å². The number of nitrogens with zero attached hydrogens (tertiary/aromatic N) is 5. The summed E-state index contributed by atoms with van der Waals surface area (Å²) in [6.45, 7) is 5.51. The summed E-state index contributed by atoms with van der Waals surface area (Å²) in [5.41, 5.74) is 0.817. The third kappa shape index (κ3) is 2.61. The molecule has 7 nitrogen and oxygen atoms in total. The highest BCUT2D eigenvalue weighted by molar-refractivity contribution is 6.16. The minimum atomic E-state index is -0.813. The Morgan fingerprint density at radius 3 is 2.56 bits per heavy atom. The van der Waals surface area contributed by atoms with E-state index in [2.05, 4.69) is 10.2 Å². The fraction of sp³-hybridized carbons (Fsp3) is 0.211. The van der Waals surface area contributed by atoms with Crippen molar-refractivity contribution in [3.8, 4) is 5.69 Å². The Balaban J connectivity index is 2.12. The molecule has 0 atom stereocenters. The summed E-state index contributed by atoms with van der Waals surface area (Å²) < 4.78 is 16.4. The molecule has 0 saturated carbocycles. The molecule has 27 heavy (non-hydrogen) atoms. The highest BCUT2D eigenvalue weighted by Gasteiger charge is 2.34. The molecule has 0 radical (unpaired) electrons. The van der Waals surface area contributed by atoms with Gasteiger partial charge in [0, 0.05) is 23.3 Å². The van der Waals surface area contributed by atoms with Crippen LogP contribution in [0.5, 0.6) is 0 Å². The van der Waals surface area contributed by atoms with Crippen molar-refractivity contribution >= 4 is 11.4 Å². The van der Waals surface area contributed by atoms with Gasteiger partial charge in [0.25, 0.3) is 5.69 Å². The third-order valence-electron chi connectivity index (χ3n) is 4.58. The molecule has 0 saturated heterocycles. The largest absolute Gasteiger partial charge is 0.280 e. The summed E-state index contributed by atoms with van der Waals surface area (Å²) in [5.74, 6) is 0.762. The molecule has 0 fully saturated rings. The Hall–Kier alpha value is -3.42. The molecule has 0 amide bonds. The maximum absolute atomic E-state index is 14.6. The van der Waals surface area contributed by atoms with Gasteiger partial charge in [0.2, 0.25) is 0 Å².